The highest BCUT2D eigenvalue weighted by molar-refractivity contribution is 6.22. The van der Waals surface area contributed by atoms with E-state index in [0.717, 1.165) is 88.4 Å². The van der Waals surface area contributed by atoms with Crippen molar-refractivity contribution in [3.63, 3.8) is 0 Å². The average Bonchev–Trinajstić information content (AvgIpc) is 3.91. The summed E-state index contributed by atoms with van der Waals surface area (Å²) in [5, 5.41) is 4.38. The van der Waals surface area contributed by atoms with Crippen LogP contribution in [0.3, 0.4) is 0 Å². The number of para-hydroxylation sites is 3. The lowest BCUT2D eigenvalue weighted by Crippen LogP contribution is -2.03. The number of hydrogen-bond donors (Lipinski definition) is 0. The zero-order valence-electron chi connectivity index (χ0n) is 33.5. The minimum Gasteiger partial charge on any atom is -0.453 e. The van der Waals surface area contributed by atoms with Crippen molar-refractivity contribution in [2.75, 3.05) is 0 Å². The second-order valence-electron chi connectivity index (χ2n) is 15.6. The monoisotopic (exact) mass is 792 g/mol. The van der Waals surface area contributed by atoms with Gasteiger partial charge in [0.25, 0.3) is 0 Å². The number of aromatic nitrogens is 4. The first kappa shape index (κ1) is 35.5. The number of furan rings is 1. The van der Waals surface area contributed by atoms with Crippen LogP contribution in [0, 0.1) is 0 Å². The Balaban J connectivity index is 1.06. The molecule has 0 atom stereocenters. The van der Waals surface area contributed by atoms with Crippen LogP contribution in [0.4, 0.5) is 0 Å². The molecule has 0 N–H and O–H groups in total. The van der Waals surface area contributed by atoms with Crippen LogP contribution in [-0.4, -0.2) is 19.5 Å². The summed E-state index contributed by atoms with van der Waals surface area (Å²) in [6.45, 7) is 0. The molecule has 5 heteroatoms. The Labute approximate surface area is 357 Å². The van der Waals surface area contributed by atoms with E-state index in [4.69, 9.17) is 19.4 Å². The summed E-state index contributed by atoms with van der Waals surface area (Å²) in [6, 6.07) is 76.1. The summed E-state index contributed by atoms with van der Waals surface area (Å²) in [7, 11) is 0. The highest BCUT2D eigenvalue weighted by Gasteiger charge is 2.23. The van der Waals surface area contributed by atoms with Gasteiger partial charge >= 0.3 is 0 Å². The van der Waals surface area contributed by atoms with Crippen molar-refractivity contribution in [2.24, 2.45) is 0 Å². The van der Waals surface area contributed by atoms with Crippen molar-refractivity contribution in [3.8, 4) is 73.2 Å². The minimum absolute atomic E-state index is 0.584. The molecule has 0 saturated heterocycles. The maximum Gasteiger partial charge on any atom is 0.166 e. The number of hydrogen-bond acceptors (Lipinski definition) is 4. The third-order valence-electron chi connectivity index (χ3n) is 11.9. The van der Waals surface area contributed by atoms with E-state index in [0.29, 0.717) is 17.5 Å². The Morgan fingerprint density at radius 2 is 0.742 bits per heavy atom. The Kier molecular flexibility index (Phi) is 8.42. The zero-order valence-corrected chi connectivity index (χ0v) is 33.5. The van der Waals surface area contributed by atoms with Gasteiger partial charge in [0, 0.05) is 43.8 Å². The molecule has 0 spiro atoms. The van der Waals surface area contributed by atoms with Crippen LogP contribution < -0.4 is 0 Å². The van der Waals surface area contributed by atoms with Crippen molar-refractivity contribution in [3.05, 3.63) is 218 Å². The zero-order chi connectivity index (χ0) is 41.0. The van der Waals surface area contributed by atoms with Gasteiger partial charge in [0.15, 0.2) is 23.1 Å². The SMILES string of the molecule is c1ccc(-c2ccc(-c3nc(-c4ccccc4)nc(-c4ccccc4-n4c5ccccc5c5ccc6c7cccc(-c8ccc(-c9ccccc9)cc8)c7oc6c54)n3)cc2)cc1. The average molecular weight is 793 g/mol. The van der Waals surface area contributed by atoms with E-state index in [9.17, 15) is 0 Å². The predicted molar refractivity (Wildman–Crippen MR) is 254 cm³/mol. The summed E-state index contributed by atoms with van der Waals surface area (Å²) < 4.78 is 9.47. The van der Waals surface area contributed by atoms with Crippen LogP contribution in [0.15, 0.2) is 223 Å². The summed E-state index contributed by atoms with van der Waals surface area (Å²) in [4.78, 5) is 15.5. The van der Waals surface area contributed by atoms with Gasteiger partial charge in [-0.05, 0) is 52.1 Å². The van der Waals surface area contributed by atoms with Gasteiger partial charge in [-0.25, -0.2) is 15.0 Å². The first-order chi connectivity index (χ1) is 30.7. The molecule has 0 saturated carbocycles. The highest BCUT2D eigenvalue weighted by Crippen LogP contribution is 2.44. The minimum atomic E-state index is 0.584. The lowest BCUT2D eigenvalue weighted by atomic mass is 9.99. The maximum absolute atomic E-state index is 7.14. The van der Waals surface area contributed by atoms with Crippen LogP contribution in [0.1, 0.15) is 0 Å². The summed E-state index contributed by atoms with van der Waals surface area (Å²) in [6.07, 6.45) is 0. The van der Waals surface area contributed by atoms with E-state index in [1.54, 1.807) is 0 Å². The van der Waals surface area contributed by atoms with Gasteiger partial charge in [-0.1, -0.05) is 194 Å². The predicted octanol–water partition coefficient (Wildman–Crippen LogP) is 14.9. The molecular weight excluding hydrogens is 757 g/mol. The van der Waals surface area contributed by atoms with Crippen molar-refractivity contribution < 1.29 is 4.42 Å². The fourth-order valence-corrected chi connectivity index (χ4v) is 8.90. The van der Waals surface area contributed by atoms with Gasteiger partial charge in [0.2, 0.25) is 0 Å². The standard InChI is InChI=1S/C57H36N4O/c1-4-15-37(16-5-1)39-27-31-41(32-28-39)44-23-14-24-47-48-36-35-46-45-21-10-12-25-50(45)61(52(46)54(48)62-53(44)47)51-26-13-11-22-49(51)57-59-55(42-19-8-3-9-20-42)58-56(60-57)43-33-29-40(30-34-43)38-17-6-2-7-18-38/h1-36H. The van der Waals surface area contributed by atoms with Gasteiger partial charge in [0.1, 0.15) is 5.58 Å². The third kappa shape index (κ3) is 5.98. The molecule has 0 aliphatic rings. The van der Waals surface area contributed by atoms with E-state index in [1.165, 1.54) is 11.1 Å². The number of rotatable bonds is 7. The second-order valence-corrected chi connectivity index (χ2v) is 15.6. The highest BCUT2D eigenvalue weighted by atomic mass is 16.3. The molecule has 0 fully saturated rings. The fraction of sp³-hybridized carbons (Fsp3) is 0. The molecule has 0 unspecified atom stereocenters. The molecule has 0 aliphatic carbocycles. The lowest BCUT2D eigenvalue weighted by molar-refractivity contribution is 0.672. The van der Waals surface area contributed by atoms with E-state index >= 15 is 0 Å². The van der Waals surface area contributed by atoms with Gasteiger partial charge in [-0.15, -0.1) is 0 Å². The van der Waals surface area contributed by atoms with Gasteiger partial charge in [-0.2, -0.15) is 0 Å². The number of nitrogens with zero attached hydrogens (tertiary/aromatic N) is 4. The summed E-state index contributed by atoms with van der Waals surface area (Å²) >= 11 is 0. The molecule has 0 bridgehead atoms. The smallest absolute Gasteiger partial charge is 0.166 e. The lowest BCUT2D eigenvalue weighted by Gasteiger charge is -2.14. The molecule has 0 amide bonds. The molecule has 62 heavy (non-hydrogen) atoms. The van der Waals surface area contributed by atoms with Crippen molar-refractivity contribution in [1.82, 2.24) is 19.5 Å². The van der Waals surface area contributed by atoms with Gasteiger partial charge < -0.3 is 8.98 Å². The van der Waals surface area contributed by atoms with Crippen molar-refractivity contribution >= 4 is 43.7 Å². The Hall–Kier alpha value is -8.41. The maximum atomic E-state index is 7.14. The first-order valence-electron chi connectivity index (χ1n) is 20.9. The summed E-state index contributed by atoms with van der Waals surface area (Å²) in [5.41, 5.74) is 14.2. The number of fused-ring (bicyclic) bond motifs is 7. The largest absolute Gasteiger partial charge is 0.453 e. The van der Waals surface area contributed by atoms with Crippen LogP contribution in [0.5, 0.6) is 0 Å². The summed E-state index contributed by atoms with van der Waals surface area (Å²) in [5.74, 6) is 1.80. The Morgan fingerprint density at radius 1 is 0.290 bits per heavy atom. The normalized spacial score (nSPS) is 11.5. The molecule has 290 valence electrons. The third-order valence-corrected chi connectivity index (χ3v) is 11.9. The first-order valence-corrected chi connectivity index (χ1v) is 20.9. The van der Waals surface area contributed by atoms with Crippen molar-refractivity contribution in [1.29, 1.82) is 0 Å². The van der Waals surface area contributed by atoms with E-state index in [-0.39, 0.29) is 0 Å². The Bertz CT molecular complexity index is 3590. The molecule has 12 rings (SSSR count). The molecule has 3 heterocycles. The topological polar surface area (TPSA) is 56.7 Å². The Morgan fingerprint density at radius 3 is 1.42 bits per heavy atom. The van der Waals surface area contributed by atoms with E-state index in [2.05, 4.69) is 180 Å². The molecular formula is C57H36N4O. The van der Waals surface area contributed by atoms with Gasteiger partial charge in [-0.3, -0.25) is 0 Å². The molecule has 12 aromatic rings. The molecule has 0 aliphatic heterocycles. The molecule has 5 nitrogen and oxygen atoms in total. The molecule has 0 radical (unpaired) electrons. The van der Waals surface area contributed by atoms with E-state index in [1.807, 2.05) is 42.5 Å². The van der Waals surface area contributed by atoms with Crippen LogP contribution in [0.25, 0.3) is 117 Å². The van der Waals surface area contributed by atoms with Gasteiger partial charge in [0.05, 0.1) is 16.7 Å². The fourth-order valence-electron chi connectivity index (χ4n) is 8.90. The van der Waals surface area contributed by atoms with Crippen molar-refractivity contribution in [2.45, 2.75) is 0 Å². The van der Waals surface area contributed by atoms with E-state index < -0.39 is 0 Å². The second kappa shape index (κ2) is 14.7. The quantitative estimate of drug-likeness (QED) is 0.161. The van der Waals surface area contributed by atoms with Crippen LogP contribution in [0.2, 0.25) is 0 Å². The van der Waals surface area contributed by atoms with Crippen LogP contribution >= 0.6 is 0 Å². The molecule has 9 aromatic carbocycles. The number of benzene rings is 9. The van der Waals surface area contributed by atoms with Crippen LogP contribution in [-0.2, 0) is 0 Å². The molecule has 3 aromatic heterocycles.